The zero-order chi connectivity index (χ0) is 10.8. The molecule has 2 amide bonds. The lowest BCUT2D eigenvalue weighted by atomic mass is 10.7. The number of rotatable bonds is 8. The van der Waals surface area contributed by atoms with Crippen molar-refractivity contribution >= 4 is 6.03 Å². The molecule has 0 bridgehead atoms. The van der Waals surface area contributed by atoms with Gasteiger partial charge in [-0.1, -0.05) is 12.2 Å². The van der Waals surface area contributed by atoms with Crippen molar-refractivity contribution in [2.75, 3.05) is 26.7 Å². The first-order valence-corrected chi connectivity index (χ1v) is 4.14. The van der Waals surface area contributed by atoms with Crippen LogP contribution in [0.3, 0.4) is 0 Å². The molecule has 5 heteroatoms. The standard InChI is InChI=1S/C9H16N2O3/c1-3-5-13-7-11(9(10)12)8-14-6-4-2/h3-4H,1-2,5-8H2,(H2,10,12). The summed E-state index contributed by atoms with van der Waals surface area (Å²) in [6.07, 6.45) is 3.17. The first kappa shape index (κ1) is 12.7. The molecule has 0 aliphatic carbocycles. The maximum Gasteiger partial charge on any atom is 0.318 e. The van der Waals surface area contributed by atoms with Gasteiger partial charge in [0, 0.05) is 0 Å². The van der Waals surface area contributed by atoms with Crippen molar-refractivity contribution < 1.29 is 14.3 Å². The van der Waals surface area contributed by atoms with E-state index in [4.69, 9.17) is 15.2 Å². The van der Waals surface area contributed by atoms with E-state index in [2.05, 4.69) is 13.2 Å². The minimum absolute atomic E-state index is 0.0957. The maximum atomic E-state index is 10.8. The van der Waals surface area contributed by atoms with E-state index in [0.29, 0.717) is 13.2 Å². The minimum Gasteiger partial charge on any atom is -0.357 e. The normalized spacial score (nSPS) is 9.43. The summed E-state index contributed by atoms with van der Waals surface area (Å²) in [7, 11) is 0. The van der Waals surface area contributed by atoms with Crippen LogP contribution in [0.2, 0.25) is 0 Å². The fourth-order valence-corrected chi connectivity index (χ4v) is 0.657. The van der Waals surface area contributed by atoms with Crippen molar-refractivity contribution in [3.8, 4) is 0 Å². The molecule has 0 saturated heterocycles. The fourth-order valence-electron chi connectivity index (χ4n) is 0.657. The third-order valence-corrected chi connectivity index (χ3v) is 1.28. The van der Waals surface area contributed by atoms with Crippen LogP contribution in [0.1, 0.15) is 0 Å². The first-order valence-electron chi connectivity index (χ1n) is 4.14. The van der Waals surface area contributed by atoms with Crippen LogP contribution in [-0.2, 0) is 9.47 Å². The average Bonchev–Trinajstić information content (AvgIpc) is 2.15. The SMILES string of the molecule is C=CCOCN(COCC=C)C(N)=O. The van der Waals surface area contributed by atoms with Gasteiger partial charge in [-0.25, -0.2) is 4.79 Å². The quantitative estimate of drug-likeness (QED) is 0.356. The zero-order valence-corrected chi connectivity index (χ0v) is 8.15. The summed E-state index contributed by atoms with van der Waals surface area (Å²) in [5.41, 5.74) is 5.08. The number of nitrogens with two attached hydrogens (primary N) is 1. The van der Waals surface area contributed by atoms with Crippen molar-refractivity contribution in [1.82, 2.24) is 4.90 Å². The van der Waals surface area contributed by atoms with Crippen molar-refractivity contribution in [3.63, 3.8) is 0 Å². The summed E-state index contributed by atoms with van der Waals surface area (Å²) < 4.78 is 10.1. The van der Waals surface area contributed by atoms with E-state index < -0.39 is 6.03 Å². The Kier molecular flexibility index (Phi) is 7.49. The Morgan fingerprint density at radius 1 is 1.21 bits per heavy atom. The minimum atomic E-state index is -0.585. The molecule has 0 fully saturated rings. The van der Waals surface area contributed by atoms with Crippen molar-refractivity contribution in [1.29, 1.82) is 0 Å². The van der Waals surface area contributed by atoms with Crippen LogP contribution >= 0.6 is 0 Å². The van der Waals surface area contributed by atoms with Gasteiger partial charge in [-0.05, 0) is 0 Å². The number of nitrogens with zero attached hydrogens (tertiary/aromatic N) is 1. The molecular formula is C9H16N2O3. The summed E-state index contributed by atoms with van der Waals surface area (Å²) in [6, 6.07) is -0.585. The highest BCUT2D eigenvalue weighted by Gasteiger charge is 2.08. The van der Waals surface area contributed by atoms with Crippen LogP contribution in [0.25, 0.3) is 0 Å². The molecule has 0 aromatic rings. The number of hydrogen-bond acceptors (Lipinski definition) is 3. The Labute approximate surface area is 83.8 Å². The highest BCUT2D eigenvalue weighted by molar-refractivity contribution is 5.71. The Balaban J connectivity index is 3.71. The molecule has 0 rings (SSSR count). The summed E-state index contributed by atoms with van der Waals surface area (Å²) >= 11 is 0. The van der Waals surface area contributed by atoms with E-state index in [1.165, 1.54) is 4.90 Å². The second-order valence-electron chi connectivity index (χ2n) is 2.46. The number of carbonyl (C=O) groups excluding carboxylic acids is 1. The van der Waals surface area contributed by atoms with Gasteiger partial charge >= 0.3 is 6.03 Å². The predicted octanol–water partition coefficient (Wildman–Crippen LogP) is 0.687. The molecule has 80 valence electrons. The van der Waals surface area contributed by atoms with E-state index in [9.17, 15) is 4.79 Å². The summed E-state index contributed by atoms with van der Waals surface area (Å²) in [5.74, 6) is 0. The van der Waals surface area contributed by atoms with E-state index in [-0.39, 0.29) is 13.5 Å². The maximum absolute atomic E-state index is 10.8. The average molecular weight is 200 g/mol. The second-order valence-corrected chi connectivity index (χ2v) is 2.46. The van der Waals surface area contributed by atoms with Crippen LogP contribution in [0.15, 0.2) is 25.3 Å². The van der Waals surface area contributed by atoms with Gasteiger partial charge in [-0.15, -0.1) is 13.2 Å². The molecule has 0 saturated carbocycles. The van der Waals surface area contributed by atoms with E-state index in [0.717, 1.165) is 0 Å². The molecule has 0 atom stereocenters. The van der Waals surface area contributed by atoms with Gasteiger partial charge in [0.1, 0.15) is 13.5 Å². The Morgan fingerprint density at radius 2 is 1.64 bits per heavy atom. The van der Waals surface area contributed by atoms with Gasteiger partial charge in [0.05, 0.1) is 13.2 Å². The lowest BCUT2D eigenvalue weighted by Crippen LogP contribution is -2.39. The topological polar surface area (TPSA) is 64.8 Å². The van der Waals surface area contributed by atoms with Gasteiger partial charge < -0.3 is 15.2 Å². The van der Waals surface area contributed by atoms with E-state index in [1.807, 2.05) is 0 Å². The van der Waals surface area contributed by atoms with Gasteiger partial charge in [0.15, 0.2) is 0 Å². The molecule has 0 aliphatic rings. The molecule has 0 aromatic carbocycles. The van der Waals surface area contributed by atoms with E-state index >= 15 is 0 Å². The molecule has 0 heterocycles. The number of urea groups is 1. The number of carbonyl (C=O) groups is 1. The van der Waals surface area contributed by atoms with Crippen LogP contribution in [0, 0.1) is 0 Å². The highest BCUT2D eigenvalue weighted by atomic mass is 16.5. The van der Waals surface area contributed by atoms with Gasteiger partial charge in [-0.3, -0.25) is 4.90 Å². The lowest BCUT2D eigenvalue weighted by molar-refractivity contribution is -0.00435. The third-order valence-electron chi connectivity index (χ3n) is 1.28. The van der Waals surface area contributed by atoms with Gasteiger partial charge in [-0.2, -0.15) is 0 Å². The molecule has 5 nitrogen and oxygen atoms in total. The monoisotopic (exact) mass is 200 g/mol. The molecule has 0 radical (unpaired) electrons. The Bertz CT molecular complexity index is 180. The van der Waals surface area contributed by atoms with Crippen LogP contribution < -0.4 is 5.73 Å². The van der Waals surface area contributed by atoms with Crippen LogP contribution in [0.4, 0.5) is 4.79 Å². The highest BCUT2D eigenvalue weighted by Crippen LogP contribution is 1.90. The number of hydrogen-bond donors (Lipinski definition) is 1. The fraction of sp³-hybridized carbons (Fsp3) is 0.444. The summed E-state index contributed by atoms with van der Waals surface area (Å²) in [5, 5.41) is 0. The molecule has 14 heavy (non-hydrogen) atoms. The largest absolute Gasteiger partial charge is 0.357 e. The molecule has 0 aliphatic heterocycles. The second kappa shape index (κ2) is 8.28. The number of primary amides is 1. The molecule has 0 aromatic heterocycles. The van der Waals surface area contributed by atoms with Crippen molar-refractivity contribution in [3.05, 3.63) is 25.3 Å². The van der Waals surface area contributed by atoms with Crippen molar-refractivity contribution in [2.24, 2.45) is 5.73 Å². The molecule has 0 spiro atoms. The smallest absolute Gasteiger partial charge is 0.318 e. The van der Waals surface area contributed by atoms with Gasteiger partial charge in [0.25, 0.3) is 0 Å². The summed E-state index contributed by atoms with van der Waals surface area (Å²) in [4.78, 5) is 12.1. The van der Waals surface area contributed by atoms with Crippen molar-refractivity contribution in [2.45, 2.75) is 0 Å². The Morgan fingerprint density at radius 3 is 1.93 bits per heavy atom. The first-order chi connectivity index (χ1) is 6.72. The molecular weight excluding hydrogens is 184 g/mol. The van der Waals surface area contributed by atoms with Crippen LogP contribution in [-0.4, -0.2) is 37.6 Å². The van der Waals surface area contributed by atoms with Gasteiger partial charge in [0.2, 0.25) is 0 Å². The molecule has 2 N–H and O–H groups in total. The zero-order valence-electron chi connectivity index (χ0n) is 8.15. The predicted molar refractivity (Wildman–Crippen MR) is 53.5 cm³/mol. The number of amides is 2. The van der Waals surface area contributed by atoms with E-state index in [1.54, 1.807) is 12.2 Å². The third kappa shape index (κ3) is 6.22. The lowest BCUT2D eigenvalue weighted by Gasteiger charge is -2.19. The van der Waals surface area contributed by atoms with Crippen LogP contribution in [0.5, 0.6) is 0 Å². The number of ether oxygens (including phenoxy) is 2. The Hall–Kier alpha value is -1.33. The molecule has 0 unspecified atom stereocenters. The summed E-state index contributed by atoms with van der Waals surface area (Å²) in [6.45, 7) is 7.87.